The number of Topliss-reactive ketones (excluding diaryl/α,β-unsaturated/α-hetero) is 1. The van der Waals surface area contributed by atoms with Crippen LogP contribution in [0.3, 0.4) is 0 Å². The van der Waals surface area contributed by atoms with Gasteiger partial charge in [0, 0.05) is 32.2 Å². The lowest BCUT2D eigenvalue weighted by atomic mass is 9.98. The predicted molar refractivity (Wildman–Crippen MR) is 115 cm³/mol. The molecule has 32 heavy (non-hydrogen) atoms. The Morgan fingerprint density at radius 1 is 1.12 bits per heavy atom. The van der Waals surface area contributed by atoms with E-state index in [9.17, 15) is 14.7 Å². The lowest BCUT2D eigenvalue weighted by molar-refractivity contribution is -0.140. The summed E-state index contributed by atoms with van der Waals surface area (Å²) in [5.41, 5.74) is 0.256. The Hall–Kier alpha value is -3.30. The van der Waals surface area contributed by atoms with Gasteiger partial charge < -0.3 is 28.6 Å². The summed E-state index contributed by atoms with van der Waals surface area (Å²) in [6.45, 7) is 3.69. The zero-order valence-electron chi connectivity index (χ0n) is 18.1. The van der Waals surface area contributed by atoms with Crippen LogP contribution in [0.4, 0.5) is 0 Å². The molecule has 2 aromatic rings. The number of carbonyl (C=O) groups is 2. The van der Waals surface area contributed by atoms with Gasteiger partial charge in [-0.25, -0.2) is 0 Å². The summed E-state index contributed by atoms with van der Waals surface area (Å²) in [6.07, 6.45) is 1.48. The molecule has 2 aliphatic heterocycles. The molecule has 2 aliphatic rings. The highest BCUT2D eigenvalue weighted by Crippen LogP contribution is 2.41. The second-order valence-corrected chi connectivity index (χ2v) is 7.53. The normalized spacial score (nSPS) is 21.2. The van der Waals surface area contributed by atoms with Crippen molar-refractivity contribution in [2.45, 2.75) is 6.04 Å². The van der Waals surface area contributed by atoms with Crippen LogP contribution in [-0.4, -0.2) is 80.2 Å². The number of morpholine rings is 1. The lowest BCUT2D eigenvalue weighted by Gasteiger charge is -2.30. The van der Waals surface area contributed by atoms with E-state index in [-0.39, 0.29) is 16.9 Å². The molecular formula is C23H26N2O7. The van der Waals surface area contributed by atoms with E-state index >= 15 is 0 Å². The third kappa shape index (κ3) is 4.09. The summed E-state index contributed by atoms with van der Waals surface area (Å²) in [5, 5.41) is 11.2. The first-order valence-corrected chi connectivity index (χ1v) is 10.4. The smallest absolute Gasteiger partial charge is 0.295 e. The highest BCUT2D eigenvalue weighted by atomic mass is 16.5. The van der Waals surface area contributed by atoms with Crippen LogP contribution in [0.25, 0.3) is 5.76 Å². The first kappa shape index (κ1) is 21.9. The minimum Gasteiger partial charge on any atom is -0.507 e. The van der Waals surface area contributed by atoms with Crippen LogP contribution in [0, 0.1) is 0 Å². The second-order valence-electron chi connectivity index (χ2n) is 7.53. The van der Waals surface area contributed by atoms with E-state index < -0.39 is 17.7 Å². The summed E-state index contributed by atoms with van der Waals surface area (Å²) in [4.78, 5) is 29.7. The van der Waals surface area contributed by atoms with Crippen molar-refractivity contribution >= 4 is 17.4 Å². The van der Waals surface area contributed by atoms with Gasteiger partial charge in [-0.1, -0.05) is 0 Å². The fraction of sp³-hybridized carbons (Fsp3) is 0.391. The minimum absolute atomic E-state index is 0.0320. The van der Waals surface area contributed by atoms with E-state index in [0.717, 1.165) is 13.1 Å². The number of aliphatic hydroxyl groups is 1. The van der Waals surface area contributed by atoms with Gasteiger partial charge in [-0.2, -0.15) is 0 Å². The van der Waals surface area contributed by atoms with Crippen molar-refractivity contribution < 1.29 is 33.3 Å². The van der Waals surface area contributed by atoms with Gasteiger partial charge in [0.15, 0.2) is 0 Å². The Morgan fingerprint density at radius 3 is 2.56 bits per heavy atom. The first-order chi connectivity index (χ1) is 15.5. The van der Waals surface area contributed by atoms with E-state index in [2.05, 4.69) is 4.90 Å². The predicted octanol–water partition coefficient (Wildman–Crippen LogP) is 2.05. The first-order valence-electron chi connectivity index (χ1n) is 10.4. The van der Waals surface area contributed by atoms with Crippen LogP contribution in [0.1, 0.15) is 17.4 Å². The zero-order chi connectivity index (χ0) is 22.7. The number of methoxy groups -OCH3 is 2. The van der Waals surface area contributed by atoms with Crippen molar-refractivity contribution in [3.8, 4) is 11.5 Å². The van der Waals surface area contributed by atoms with Gasteiger partial charge in [-0.3, -0.25) is 14.5 Å². The number of likely N-dealkylation sites (tertiary alicyclic amines) is 1. The van der Waals surface area contributed by atoms with Crippen molar-refractivity contribution in [2.24, 2.45) is 0 Å². The van der Waals surface area contributed by atoms with Crippen molar-refractivity contribution in [1.82, 2.24) is 9.80 Å². The molecule has 9 nitrogen and oxygen atoms in total. The van der Waals surface area contributed by atoms with Gasteiger partial charge >= 0.3 is 0 Å². The maximum atomic E-state index is 13.1. The van der Waals surface area contributed by atoms with Crippen LogP contribution >= 0.6 is 0 Å². The fourth-order valence-electron chi connectivity index (χ4n) is 4.07. The van der Waals surface area contributed by atoms with E-state index in [1.54, 1.807) is 30.3 Å². The molecule has 3 heterocycles. The molecule has 0 aliphatic carbocycles. The number of rotatable bonds is 7. The molecule has 1 aromatic heterocycles. The standard InChI is InChI=1S/C23H26N2O7/c1-29-15-5-6-16(18(14-15)30-2)21(26)19-20(17-4-3-11-32-17)25(23(28)22(19)27)8-7-24-9-12-31-13-10-24/h3-6,11,14,20,26H,7-10,12-13H2,1-2H3/b21-19+/t20-/m1/s1. The van der Waals surface area contributed by atoms with Crippen LogP contribution < -0.4 is 9.47 Å². The minimum atomic E-state index is -0.835. The van der Waals surface area contributed by atoms with Gasteiger partial charge in [0.2, 0.25) is 0 Å². The highest BCUT2D eigenvalue weighted by molar-refractivity contribution is 6.46. The summed E-state index contributed by atoms with van der Waals surface area (Å²) in [6, 6.07) is 7.38. The average molecular weight is 442 g/mol. The maximum absolute atomic E-state index is 13.1. The number of hydrogen-bond acceptors (Lipinski definition) is 8. The molecule has 170 valence electrons. The molecule has 9 heteroatoms. The van der Waals surface area contributed by atoms with Crippen molar-refractivity contribution in [1.29, 1.82) is 0 Å². The number of aliphatic hydroxyl groups excluding tert-OH is 1. The number of furan rings is 1. The van der Waals surface area contributed by atoms with Crippen LogP contribution in [0.15, 0.2) is 46.6 Å². The number of amides is 1. The summed E-state index contributed by atoms with van der Waals surface area (Å²) >= 11 is 0. The molecule has 1 atom stereocenters. The molecule has 0 unspecified atom stereocenters. The quantitative estimate of drug-likeness (QED) is 0.395. The van der Waals surface area contributed by atoms with Crippen LogP contribution in [0.2, 0.25) is 0 Å². The summed E-state index contributed by atoms with van der Waals surface area (Å²) in [7, 11) is 2.97. The van der Waals surface area contributed by atoms with E-state index in [1.807, 2.05) is 0 Å². The van der Waals surface area contributed by atoms with Gasteiger partial charge in [-0.15, -0.1) is 0 Å². The number of carbonyl (C=O) groups excluding carboxylic acids is 2. The number of ketones is 1. The van der Waals surface area contributed by atoms with Crippen molar-refractivity contribution in [3.63, 3.8) is 0 Å². The number of benzene rings is 1. The molecule has 0 saturated carbocycles. The molecule has 0 spiro atoms. The third-order valence-corrected chi connectivity index (χ3v) is 5.78. The van der Waals surface area contributed by atoms with Crippen LogP contribution in [-0.2, 0) is 14.3 Å². The molecule has 2 saturated heterocycles. The van der Waals surface area contributed by atoms with E-state index in [1.165, 1.54) is 25.4 Å². The second kappa shape index (κ2) is 9.46. The number of ether oxygens (including phenoxy) is 3. The molecule has 1 aromatic carbocycles. The molecule has 0 bridgehead atoms. The largest absolute Gasteiger partial charge is 0.507 e. The van der Waals surface area contributed by atoms with Crippen molar-refractivity contribution in [3.05, 3.63) is 53.5 Å². The van der Waals surface area contributed by atoms with Gasteiger partial charge in [0.25, 0.3) is 11.7 Å². The highest BCUT2D eigenvalue weighted by Gasteiger charge is 2.47. The average Bonchev–Trinajstić information content (AvgIpc) is 3.44. The fourth-order valence-corrected chi connectivity index (χ4v) is 4.07. The van der Waals surface area contributed by atoms with E-state index in [0.29, 0.717) is 43.6 Å². The number of hydrogen-bond donors (Lipinski definition) is 1. The summed E-state index contributed by atoms with van der Waals surface area (Å²) < 4.78 is 21.5. The van der Waals surface area contributed by atoms with Gasteiger partial charge in [0.1, 0.15) is 29.1 Å². The molecule has 1 amide bonds. The molecule has 4 rings (SSSR count). The Labute approximate surface area is 185 Å². The molecule has 2 fully saturated rings. The van der Waals surface area contributed by atoms with Crippen LogP contribution in [0.5, 0.6) is 11.5 Å². The Kier molecular flexibility index (Phi) is 6.48. The monoisotopic (exact) mass is 442 g/mol. The van der Waals surface area contributed by atoms with Gasteiger partial charge in [0.05, 0.1) is 44.8 Å². The lowest BCUT2D eigenvalue weighted by Crippen LogP contribution is -2.42. The summed E-state index contributed by atoms with van der Waals surface area (Å²) in [5.74, 6) is -0.498. The third-order valence-electron chi connectivity index (χ3n) is 5.78. The molecular weight excluding hydrogens is 416 g/mol. The Morgan fingerprint density at radius 2 is 1.91 bits per heavy atom. The Bertz CT molecular complexity index is 1010. The van der Waals surface area contributed by atoms with Crippen molar-refractivity contribution in [2.75, 3.05) is 53.6 Å². The van der Waals surface area contributed by atoms with Gasteiger partial charge in [-0.05, 0) is 24.3 Å². The topological polar surface area (TPSA) is 102 Å². The van der Waals surface area contributed by atoms with E-state index in [4.69, 9.17) is 18.6 Å². The SMILES string of the molecule is COc1ccc(/C(O)=C2\C(=O)C(=O)N(CCN3CCOCC3)[C@@H]2c2ccco2)c(OC)c1. The molecule has 1 N–H and O–H groups in total. The number of nitrogens with zero attached hydrogens (tertiary/aromatic N) is 2. The zero-order valence-corrected chi connectivity index (χ0v) is 18.1. The maximum Gasteiger partial charge on any atom is 0.295 e. The Balaban J connectivity index is 1.73. The molecule has 0 radical (unpaired) electrons.